The van der Waals surface area contributed by atoms with Crippen molar-refractivity contribution < 1.29 is 9.59 Å². The van der Waals surface area contributed by atoms with Crippen LogP contribution in [-0.2, 0) is 4.79 Å². The van der Waals surface area contributed by atoms with Crippen molar-refractivity contribution >= 4 is 28.3 Å². The molecule has 2 atom stereocenters. The van der Waals surface area contributed by atoms with E-state index in [4.69, 9.17) is 0 Å². The van der Waals surface area contributed by atoms with Crippen LogP contribution < -0.4 is 16.0 Å². The standard InChI is InChI=1S/C26H29N3O2/c1-17-12-13-21(29-25(30)20-9-6-14-27-16-20)15-24(17)26(31)28-18(2)22-11-5-8-19-7-3-4-10-23(19)22/h3-5,7-8,10-13,15,18,20,27H,6,9,14,16H2,1-2H3,(H,28,31)(H,29,30)/t18-,20?/m1/s1. The molecule has 3 N–H and O–H groups in total. The van der Waals surface area contributed by atoms with Gasteiger partial charge < -0.3 is 16.0 Å². The number of amides is 2. The number of hydrogen-bond donors (Lipinski definition) is 3. The Morgan fingerprint density at radius 1 is 1.06 bits per heavy atom. The summed E-state index contributed by atoms with van der Waals surface area (Å²) in [7, 11) is 0. The largest absolute Gasteiger partial charge is 0.345 e. The summed E-state index contributed by atoms with van der Waals surface area (Å²) >= 11 is 0. The Labute approximate surface area is 183 Å². The summed E-state index contributed by atoms with van der Waals surface area (Å²) in [6, 6.07) is 19.7. The van der Waals surface area contributed by atoms with Crippen LogP contribution in [0.5, 0.6) is 0 Å². The van der Waals surface area contributed by atoms with Gasteiger partial charge in [-0.15, -0.1) is 0 Å². The molecule has 160 valence electrons. The fraction of sp³-hybridized carbons (Fsp3) is 0.308. The van der Waals surface area contributed by atoms with Crippen LogP contribution in [0.1, 0.15) is 47.3 Å². The number of carbonyl (C=O) groups is 2. The molecule has 4 rings (SSSR count). The minimum atomic E-state index is -0.149. The molecule has 0 bridgehead atoms. The average Bonchev–Trinajstić information content (AvgIpc) is 2.80. The van der Waals surface area contributed by atoms with E-state index in [0.717, 1.165) is 41.3 Å². The van der Waals surface area contributed by atoms with Crippen molar-refractivity contribution in [2.24, 2.45) is 5.92 Å². The third kappa shape index (κ3) is 4.78. The van der Waals surface area contributed by atoms with Crippen LogP contribution in [0.4, 0.5) is 5.69 Å². The van der Waals surface area contributed by atoms with E-state index in [2.05, 4.69) is 40.2 Å². The van der Waals surface area contributed by atoms with Crippen LogP contribution in [0, 0.1) is 12.8 Å². The molecule has 31 heavy (non-hydrogen) atoms. The van der Waals surface area contributed by atoms with Crippen molar-refractivity contribution in [3.8, 4) is 0 Å². The molecule has 0 saturated carbocycles. The highest BCUT2D eigenvalue weighted by molar-refractivity contribution is 5.99. The Hall–Kier alpha value is -3.18. The minimum Gasteiger partial charge on any atom is -0.345 e. The highest BCUT2D eigenvalue weighted by Crippen LogP contribution is 2.25. The lowest BCUT2D eigenvalue weighted by Gasteiger charge is -2.22. The monoisotopic (exact) mass is 415 g/mol. The van der Waals surface area contributed by atoms with Gasteiger partial charge in [-0.3, -0.25) is 9.59 Å². The van der Waals surface area contributed by atoms with Gasteiger partial charge in [0.05, 0.1) is 12.0 Å². The normalized spacial score (nSPS) is 17.2. The number of aryl methyl sites for hydroxylation is 1. The minimum absolute atomic E-state index is 0.00605. The Morgan fingerprint density at radius 2 is 1.87 bits per heavy atom. The maximum atomic E-state index is 13.1. The molecule has 1 aliphatic heterocycles. The van der Waals surface area contributed by atoms with Gasteiger partial charge in [0, 0.05) is 17.8 Å². The first kappa shape index (κ1) is 21.1. The molecule has 0 aliphatic carbocycles. The summed E-state index contributed by atoms with van der Waals surface area (Å²) in [4.78, 5) is 25.7. The van der Waals surface area contributed by atoms with Gasteiger partial charge in [0.2, 0.25) is 5.91 Å². The van der Waals surface area contributed by atoms with Crippen molar-refractivity contribution in [2.45, 2.75) is 32.7 Å². The molecule has 1 heterocycles. The zero-order chi connectivity index (χ0) is 21.8. The van der Waals surface area contributed by atoms with E-state index in [9.17, 15) is 9.59 Å². The summed E-state index contributed by atoms with van der Waals surface area (Å²) in [5, 5.41) is 11.7. The van der Waals surface area contributed by atoms with Crippen LogP contribution in [0.15, 0.2) is 60.7 Å². The second-order valence-corrected chi connectivity index (χ2v) is 8.33. The number of carbonyl (C=O) groups excluding carboxylic acids is 2. The first-order chi connectivity index (χ1) is 15.0. The van der Waals surface area contributed by atoms with Gasteiger partial charge >= 0.3 is 0 Å². The first-order valence-corrected chi connectivity index (χ1v) is 10.9. The van der Waals surface area contributed by atoms with Crippen LogP contribution in [-0.4, -0.2) is 24.9 Å². The molecular weight excluding hydrogens is 386 g/mol. The molecule has 1 unspecified atom stereocenters. The smallest absolute Gasteiger partial charge is 0.252 e. The molecule has 5 heteroatoms. The van der Waals surface area contributed by atoms with Gasteiger partial charge in [-0.25, -0.2) is 0 Å². The van der Waals surface area contributed by atoms with Crippen molar-refractivity contribution in [1.82, 2.24) is 10.6 Å². The summed E-state index contributed by atoms with van der Waals surface area (Å²) in [5.41, 5.74) is 3.19. The fourth-order valence-electron chi connectivity index (χ4n) is 4.24. The van der Waals surface area contributed by atoms with Crippen molar-refractivity contribution in [2.75, 3.05) is 18.4 Å². The molecular formula is C26H29N3O2. The zero-order valence-electron chi connectivity index (χ0n) is 18.1. The van der Waals surface area contributed by atoms with Crippen LogP contribution in [0.2, 0.25) is 0 Å². The lowest BCUT2D eigenvalue weighted by Crippen LogP contribution is -2.37. The van der Waals surface area contributed by atoms with E-state index < -0.39 is 0 Å². The van der Waals surface area contributed by atoms with Crippen LogP contribution >= 0.6 is 0 Å². The Morgan fingerprint density at radius 3 is 2.68 bits per heavy atom. The Bertz CT molecular complexity index is 1100. The van der Waals surface area contributed by atoms with Crippen molar-refractivity contribution in [3.63, 3.8) is 0 Å². The van der Waals surface area contributed by atoms with Gasteiger partial charge in [-0.2, -0.15) is 0 Å². The molecule has 5 nitrogen and oxygen atoms in total. The van der Waals surface area contributed by atoms with Gasteiger partial charge in [0.15, 0.2) is 0 Å². The second kappa shape index (κ2) is 9.31. The molecule has 0 spiro atoms. The van der Waals surface area contributed by atoms with E-state index in [1.54, 1.807) is 6.07 Å². The van der Waals surface area contributed by atoms with E-state index in [0.29, 0.717) is 17.8 Å². The summed E-state index contributed by atoms with van der Waals surface area (Å²) in [5.74, 6) is -0.168. The zero-order valence-corrected chi connectivity index (χ0v) is 18.1. The second-order valence-electron chi connectivity index (χ2n) is 8.33. The topological polar surface area (TPSA) is 70.2 Å². The number of anilines is 1. The maximum absolute atomic E-state index is 13.1. The number of benzene rings is 3. The molecule has 0 radical (unpaired) electrons. The molecule has 1 saturated heterocycles. The molecule has 2 amide bonds. The lowest BCUT2D eigenvalue weighted by molar-refractivity contribution is -0.120. The van der Waals surface area contributed by atoms with E-state index in [-0.39, 0.29) is 23.8 Å². The van der Waals surface area contributed by atoms with Crippen LogP contribution in [0.3, 0.4) is 0 Å². The molecule has 1 aliphatic rings. The number of nitrogens with one attached hydrogen (secondary N) is 3. The molecule has 3 aromatic rings. The van der Waals surface area contributed by atoms with Gasteiger partial charge in [0.25, 0.3) is 5.91 Å². The van der Waals surface area contributed by atoms with Crippen molar-refractivity contribution in [3.05, 3.63) is 77.4 Å². The van der Waals surface area contributed by atoms with E-state index in [1.165, 1.54) is 0 Å². The predicted octanol–water partition coefficient (Wildman–Crippen LogP) is 4.58. The average molecular weight is 416 g/mol. The predicted molar refractivity (Wildman–Crippen MR) is 125 cm³/mol. The SMILES string of the molecule is Cc1ccc(NC(=O)C2CCCNC2)cc1C(=O)N[C@H](C)c1cccc2ccccc12. The first-order valence-electron chi connectivity index (χ1n) is 10.9. The van der Waals surface area contributed by atoms with Crippen molar-refractivity contribution in [1.29, 1.82) is 0 Å². The molecule has 1 fully saturated rings. The number of hydrogen-bond acceptors (Lipinski definition) is 3. The third-order valence-electron chi connectivity index (χ3n) is 6.05. The van der Waals surface area contributed by atoms with E-state index >= 15 is 0 Å². The van der Waals surface area contributed by atoms with Crippen LogP contribution in [0.25, 0.3) is 10.8 Å². The number of rotatable bonds is 5. The summed E-state index contributed by atoms with van der Waals surface area (Å²) in [6.45, 7) is 5.58. The highest BCUT2D eigenvalue weighted by Gasteiger charge is 2.22. The summed E-state index contributed by atoms with van der Waals surface area (Å²) in [6.07, 6.45) is 1.90. The van der Waals surface area contributed by atoms with E-state index in [1.807, 2.05) is 44.2 Å². The Balaban J connectivity index is 1.50. The third-order valence-corrected chi connectivity index (χ3v) is 6.05. The molecule has 0 aromatic heterocycles. The number of fused-ring (bicyclic) bond motifs is 1. The summed E-state index contributed by atoms with van der Waals surface area (Å²) < 4.78 is 0. The highest BCUT2D eigenvalue weighted by atomic mass is 16.2. The Kier molecular flexibility index (Phi) is 6.33. The number of piperidine rings is 1. The maximum Gasteiger partial charge on any atom is 0.252 e. The quantitative estimate of drug-likeness (QED) is 0.571. The van der Waals surface area contributed by atoms with Gasteiger partial charge in [-0.1, -0.05) is 48.5 Å². The molecule has 3 aromatic carbocycles. The lowest BCUT2D eigenvalue weighted by atomic mass is 9.98. The van der Waals surface area contributed by atoms with Gasteiger partial charge in [-0.05, 0) is 67.3 Å². The fourth-order valence-corrected chi connectivity index (χ4v) is 4.24. The van der Waals surface area contributed by atoms with Gasteiger partial charge in [0.1, 0.15) is 0 Å².